The van der Waals surface area contributed by atoms with E-state index in [1.54, 1.807) is 12.4 Å². The van der Waals surface area contributed by atoms with E-state index in [0.29, 0.717) is 6.42 Å². The molecule has 2 N–H and O–H groups in total. The van der Waals surface area contributed by atoms with E-state index in [9.17, 15) is 9.59 Å². The third kappa shape index (κ3) is 5.84. The van der Waals surface area contributed by atoms with Crippen LogP contribution < -0.4 is 10.6 Å². The van der Waals surface area contributed by atoms with Gasteiger partial charge in [-0.3, -0.25) is 14.6 Å². The zero-order chi connectivity index (χ0) is 16.7. The molecular weight excluding hydrogens is 278 g/mol. The molecule has 1 aromatic heterocycles. The van der Waals surface area contributed by atoms with Crippen molar-refractivity contribution in [3.05, 3.63) is 30.1 Å². The van der Waals surface area contributed by atoms with Gasteiger partial charge >= 0.3 is 0 Å². The van der Waals surface area contributed by atoms with E-state index < -0.39 is 6.04 Å². The minimum atomic E-state index is -0.518. The molecule has 0 bridgehead atoms. The maximum absolute atomic E-state index is 12.4. The Balaban J connectivity index is 2.67. The normalized spacial score (nSPS) is 13.8. The molecular formula is C17H27N3O2. The average molecular weight is 305 g/mol. The molecule has 122 valence electrons. The zero-order valence-corrected chi connectivity index (χ0v) is 14.1. The first-order chi connectivity index (χ1) is 10.3. The summed E-state index contributed by atoms with van der Waals surface area (Å²) in [5.74, 6) is 0.0594. The lowest BCUT2D eigenvalue weighted by molar-refractivity contribution is -0.130. The molecule has 0 aromatic carbocycles. The number of amides is 2. The Morgan fingerprint density at radius 3 is 2.14 bits per heavy atom. The minimum Gasteiger partial charge on any atom is -0.348 e. The van der Waals surface area contributed by atoms with Crippen molar-refractivity contribution in [3.8, 4) is 0 Å². The van der Waals surface area contributed by atoms with Crippen molar-refractivity contribution >= 4 is 11.8 Å². The fraction of sp³-hybridized carbons (Fsp3) is 0.588. The third-order valence-corrected chi connectivity index (χ3v) is 3.42. The van der Waals surface area contributed by atoms with Crippen LogP contribution in [0.1, 0.15) is 52.6 Å². The molecule has 5 nitrogen and oxygen atoms in total. The molecule has 0 radical (unpaired) electrons. The number of hydrogen-bond acceptors (Lipinski definition) is 3. The van der Waals surface area contributed by atoms with Crippen LogP contribution in [-0.2, 0) is 9.59 Å². The average Bonchev–Trinajstić information content (AvgIpc) is 2.44. The van der Waals surface area contributed by atoms with Crippen molar-refractivity contribution in [2.75, 3.05) is 0 Å². The van der Waals surface area contributed by atoms with Crippen molar-refractivity contribution in [2.24, 2.45) is 11.8 Å². The Morgan fingerprint density at radius 1 is 1.05 bits per heavy atom. The van der Waals surface area contributed by atoms with Gasteiger partial charge in [0.1, 0.15) is 6.04 Å². The molecule has 22 heavy (non-hydrogen) atoms. The molecule has 0 aliphatic heterocycles. The van der Waals surface area contributed by atoms with Gasteiger partial charge in [0.25, 0.3) is 0 Å². The molecule has 0 aliphatic carbocycles. The molecule has 2 unspecified atom stereocenters. The molecule has 0 fully saturated rings. The standard InChI is InChI=1S/C17H27N3O2/c1-11(2)10-15(21)20-16(12(3)4)17(22)19-13(5)14-6-8-18-9-7-14/h6-9,11-13,16H,10H2,1-5H3,(H,19,22)(H,20,21). The molecule has 0 aliphatic rings. The zero-order valence-electron chi connectivity index (χ0n) is 14.1. The summed E-state index contributed by atoms with van der Waals surface area (Å²) in [6.45, 7) is 9.74. The van der Waals surface area contributed by atoms with E-state index in [-0.39, 0.29) is 29.7 Å². The van der Waals surface area contributed by atoms with Gasteiger partial charge in [-0.05, 0) is 36.5 Å². The lowest BCUT2D eigenvalue weighted by Gasteiger charge is -2.24. The van der Waals surface area contributed by atoms with Crippen LogP contribution in [0, 0.1) is 11.8 Å². The van der Waals surface area contributed by atoms with Crippen molar-refractivity contribution in [3.63, 3.8) is 0 Å². The second-order valence-electron chi connectivity index (χ2n) is 6.40. The molecule has 0 spiro atoms. The Morgan fingerprint density at radius 2 is 1.64 bits per heavy atom. The minimum absolute atomic E-state index is 0.0285. The van der Waals surface area contributed by atoms with Gasteiger partial charge in [0, 0.05) is 18.8 Å². The molecule has 2 amide bonds. The van der Waals surface area contributed by atoms with Gasteiger partial charge in [0.2, 0.25) is 11.8 Å². The number of hydrogen-bond donors (Lipinski definition) is 2. The maximum Gasteiger partial charge on any atom is 0.243 e. The van der Waals surface area contributed by atoms with Crippen LogP contribution in [0.3, 0.4) is 0 Å². The number of nitrogens with zero attached hydrogens (tertiary/aromatic N) is 1. The molecule has 1 aromatic rings. The molecule has 0 saturated carbocycles. The van der Waals surface area contributed by atoms with E-state index in [0.717, 1.165) is 5.56 Å². The first-order valence-electron chi connectivity index (χ1n) is 7.81. The number of carbonyl (C=O) groups is 2. The molecule has 1 heterocycles. The van der Waals surface area contributed by atoms with Gasteiger partial charge in [-0.1, -0.05) is 27.7 Å². The lowest BCUT2D eigenvalue weighted by atomic mass is 10.0. The predicted molar refractivity (Wildman–Crippen MR) is 87.0 cm³/mol. The van der Waals surface area contributed by atoms with Crippen molar-refractivity contribution in [2.45, 2.75) is 53.1 Å². The number of rotatable bonds is 7. The summed E-state index contributed by atoms with van der Waals surface area (Å²) in [7, 11) is 0. The largest absolute Gasteiger partial charge is 0.348 e. The SMILES string of the molecule is CC(C)CC(=O)NC(C(=O)NC(C)c1ccncc1)C(C)C. The van der Waals surface area contributed by atoms with Gasteiger partial charge in [0.05, 0.1) is 6.04 Å². The molecule has 0 saturated heterocycles. The Hall–Kier alpha value is -1.91. The van der Waals surface area contributed by atoms with Gasteiger partial charge in [-0.2, -0.15) is 0 Å². The third-order valence-electron chi connectivity index (χ3n) is 3.42. The summed E-state index contributed by atoms with van der Waals surface area (Å²) in [6.07, 6.45) is 3.82. The molecule has 5 heteroatoms. The highest BCUT2D eigenvalue weighted by Crippen LogP contribution is 2.12. The summed E-state index contributed by atoms with van der Waals surface area (Å²) in [4.78, 5) is 28.3. The van der Waals surface area contributed by atoms with E-state index in [4.69, 9.17) is 0 Å². The number of aromatic nitrogens is 1. The van der Waals surface area contributed by atoms with Gasteiger partial charge in [0.15, 0.2) is 0 Å². The van der Waals surface area contributed by atoms with E-state index in [1.807, 2.05) is 46.8 Å². The smallest absolute Gasteiger partial charge is 0.243 e. The summed E-state index contributed by atoms with van der Waals surface area (Å²) < 4.78 is 0. The monoisotopic (exact) mass is 305 g/mol. The van der Waals surface area contributed by atoms with Crippen molar-refractivity contribution in [1.29, 1.82) is 0 Å². The van der Waals surface area contributed by atoms with Gasteiger partial charge < -0.3 is 10.6 Å². The molecule has 1 rings (SSSR count). The van der Waals surface area contributed by atoms with Crippen LogP contribution >= 0.6 is 0 Å². The Kier molecular flexibility index (Phi) is 7.02. The fourth-order valence-electron chi connectivity index (χ4n) is 2.18. The van der Waals surface area contributed by atoms with E-state index in [1.165, 1.54) is 0 Å². The van der Waals surface area contributed by atoms with E-state index in [2.05, 4.69) is 15.6 Å². The summed E-state index contributed by atoms with van der Waals surface area (Å²) in [5, 5.41) is 5.80. The highest BCUT2D eigenvalue weighted by Gasteiger charge is 2.25. The van der Waals surface area contributed by atoms with Crippen molar-refractivity contribution < 1.29 is 9.59 Å². The Labute approximate surface area is 132 Å². The quantitative estimate of drug-likeness (QED) is 0.813. The summed E-state index contributed by atoms with van der Waals surface area (Å²) >= 11 is 0. The maximum atomic E-state index is 12.4. The summed E-state index contributed by atoms with van der Waals surface area (Å²) in [6, 6.07) is 3.09. The van der Waals surface area contributed by atoms with E-state index >= 15 is 0 Å². The first-order valence-corrected chi connectivity index (χ1v) is 7.81. The second-order valence-corrected chi connectivity index (χ2v) is 6.40. The highest BCUT2D eigenvalue weighted by molar-refractivity contribution is 5.88. The second kappa shape index (κ2) is 8.51. The van der Waals surface area contributed by atoms with Crippen molar-refractivity contribution in [1.82, 2.24) is 15.6 Å². The van der Waals surface area contributed by atoms with Crippen LogP contribution in [-0.4, -0.2) is 22.8 Å². The van der Waals surface area contributed by atoms with Crippen LogP contribution in [0.5, 0.6) is 0 Å². The highest BCUT2D eigenvalue weighted by atomic mass is 16.2. The Bertz CT molecular complexity index is 486. The van der Waals surface area contributed by atoms with Crippen LogP contribution in [0.2, 0.25) is 0 Å². The predicted octanol–water partition coefficient (Wildman–Crippen LogP) is 2.45. The lowest BCUT2D eigenvalue weighted by Crippen LogP contribution is -2.50. The number of nitrogens with one attached hydrogen (secondary N) is 2. The summed E-state index contributed by atoms with van der Waals surface area (Å²) in [5.41, 5.74) is 0.986. The van der Waals surface area contributed by atoms with Gasteiger partial charge in [-0.25, -0.2) is 0 Å². The van der Waals surface area contributed by atoms with Crippen LogP contribution in [0.15, 0.2) is 24.5 Å². The first kappa shape index (κ1) is 18.1. The number of carbonyl (C=O) groups excluding carboxylic acids is 2. The molecule has 2 atom stereocenters. The fourth-order valence-corrected chi connectivity index (χ4v) is 2.18. The topological polar surface area (TPSA) is 71.1 Å². The van der Waals surface area contributed by atoms with Gasteiger partial charge in [-0.15, -0.1) is 0 Å². The van der Waals surface area contributed by atoms with Crippen LogP contribution in [0.4, 0.5) is 0 Å². The number of pyridine rings is 1. The van der Waals surface area contributed by atoms with Crippen LogP contribution in [0.25, 0.3) is 0 Å².